The monoisotopic (exact) mass is 326 g/mol. The number of aromatic carboxylic acids is 1. The highest BCUT2D eigenvalue weighted by Gasteiger charge is 2.48. The van der Waals surface area contributed by atoms with Crippen molar-refractivity contribution < 1.29 is 35.7 Å². The first kappa shape index (κ1) is 14.8. The number of carboxylic acids is 1. The Bertz CT molecular complexity index is 828. The van der Waals surface area contributed by atoms with Crippen LogP contribution in [0, 0.1) is 0 Å². The summed E-state index contributed by atoms with van der Waals surface area (Å²) in [6.45, 7) is 0. The van der Waals surface area contributed by atoms with Crippen molar-refractivity contribution in [3.8, 4) is 5.88 Å². The number of halogens is 3. The zero-order valence-corrected chi connectivity index (χ0v) is 10.5. The molecule has 0 spiro atoms. The summed E-state index contributed by atoms with van der Waals surface area (Å²) in [5.41, 5.74) is -1.39. The minimum absolute atomic E-state index is 0.439. The first-order valence-corrected chi connectivity index (χ1v) is 6.32. The maximum Gasteiger partial charge on any atom is 0.534 e. The summed E-state index contributed by atoms with van der Waals surface area (Å²) in [6.07, 6.45) is 0.951. The Morgan fingerprint density at radius 1 is 1.43 bits per heavy atom. The number of hydrogen-bond acceptors (Lipinski definition) is 7. The molecule has 0 atom stereocenters. The van der Waals surface area contributed by atoms with Crippen molar-refractivity contribution in [3.63, 3.8) is 0 Å². The van der Waals surface area contributed by atoms with Crippen LogP contribution in [0.2, 0.25) is 0 Å². The smallest absolute Gasteiger partial charge is 0.477 e. The van der Waals surface area contributed by atoms with Gasteiger partial charge in [-0.15, -0.1) is 5.10 Å². The van der Waals surface area contributed by atoms with Gasteiger partial charge in [0.25, 0.3) is 0 Å². The van der Waals surface area contributed by atoms with Gasteiger partial charge >= 0.3 is 21.6 Å². The molecule has 3 N–H and O–H groups in total. The third-order valence-electron chi connectivity index (χ3n) is 2.18. The quantitative estimate of drug-likeness (QED) is 0.604. The molecule has 0 aliphatic rings. The lowest BCUT2D eigenvalue weighted by Gasteiger charge is -2.08. The summed E-state index contributed by atoms with van der Waals surface area (Å²) in [5, 5.41) is 12.4. The largest absolute Gasteiger partial charge is 0.534 e. The van der Waals surface area contributed by atoms with Crippen LogP contribution in [0.25, 0.3) is 5.65 Å². The minimum atomic E-state index is -5.92. The van der Waals surface area contributed by atoms with Crippen molar-refractivity contribution in [3.05, 3.63) is 17.8 Å². The first-order chi connectivity index (χ1) is 9.53. The topological polar surface area (TPSA) is 137 Å². The van der Waals surface area contributed by atoms with E-state index in [4.69, 9.17) is 10.8 Å². The zero-order valence-electron chi connectivity index (χ0n) is 9.70. The van der Waals surface area contributed by atoms with Crippen molar-refractivity contribution in [2.75, 3.05) is 5.73 Å². The number of nitrogens with two attached hydrogens (primary N) is 1. The number of nitrogens with zero attached hydrogens (tertiary/aromatic N) is 3. The van der Waals surface area contributed by atoms with Crippen LogP contribution in [0.3, 0.4) is 0 Å². The fraction of sp³-hybridized carbons (Fsp3) is 0.125. The molecule has 2 aromatic heterocycles. The van der Waals surface area contributed by atoms with E-state index in [-0.39, 0.29) is 0 Å². The molecule has 0 saturated carbocycles. The summed E-state index contributed by atoms with van der Waals surface area (Å²) in [6, 6.07) is 0.758. The van der Waals surface area contributed by atoms with Gasteiger partial charge in [0, 0.05) is 12.3 Å². The molecule has 9 nitrogen and oxygen atoms in total. The molecule has 0 aromatic carbocycles. The van der Waals surface area contributed by atoms with Crippen molar-refractivity contribution in [2.24, 2.45) is 0 Å². The van der Waals surface area contributed by atoms with E-state index in [0.717, 1.165) is 16.8 Å². The fourth-order valence-electron chi connectivity index (χ4n) is 1.34. The Hall–Kier alpha value is -2.57. The molecule has 0 radical (unpaired) electrons. The lowest BCUT2D eigenvalue weighted by Crippen LogP contribution is -2.28. The first-order valence-electron chi connectivity index (χ1n) is 4.92. The molecule has 2 aromatic rings. The van der Waals surface area contributed by atoms with Gasteiger partial charge in [0.15, 0.2) is 11.5 Å². The van der Waals surface area contributed by atoms with Gasteiger partial charge in [0.05, 0.1) is 0 Å². The Labute approximate surface area is 113 Å². The third kappa shape index (κ3) is 2.54. The number of aromatic nitrogens is 3. The van der Waals surface area contributed by atoms with Crippen LogP contribution in [0.5, 0.6) is 5.88 Å². The minimum Gasteiger partial charge on any atom is -0.477 e. The van der Waals surface area contributed by atoms with Crippen LogP contribution in [0.4, 0.5) is 19.0 Å². The predicted molar refractivity (Wildman–Crippen MR) is 60.0 cm³/mol. The molecule has 0 fully saturated rings. The van der Waals surface area contributed by atoms with Crippen LogP contribution in [-0.4, -0.2) is 39.6 Å². The molecule has 0 aliphatic carbocycles. The Morgan fingerprint density at radius 2 is 2.05 bits per heavy atom. The molecular weight excluding hydrogens is 321 g/mol. The zero-order chi connectivity index (χ0) is 16.0. The maximum absolute atomic E-state index is 12.2. The van der Waals surface area contributed by atoms with E-state index in [1.54, 1.807) is 0 Å². The van der Waals surface area contributed by atoms with Crippen molar-refractivity contribution in [1.82, 2.24) is 14.6 Å². The average molecular weight is 326 g/mol. The highest BCUT2D eigenvalue weighted by molar-refractivity contribution is 7.87. The number of rotatable bonds is 3. The van der Waals surface area contributed by atoms with Crippen molar-refractivity contribution >= 4 is 27.6 Å². The predicted octanol–water partition coefficient (Wildman–Crippen LogP) is 0.238. The van der Waals surface area contributed by atoms with Crippen LogP contribution < -0.4 is 9.92 Å². The van der Waals surface area contributed by atoms with Gasteiger partial charge in [-0.25, -0.2) is 9.31 Å². The normalized spacial score (nSPS) is 12.5. The van der Waals surface area contributed by atoms with Crippen molar-refractivity contribution in [2.45, 2.75) is 5.51 Å². The fourth-order valence-corrected chi connectivity index (χ4v) is 1.75. The molecule has 2 heterocycles. The number of carbonyl (C=O) groups is 1. The van der Waals surface area contributed by atoms with Gasteiger partial charge in [0.1, 0.15) is 5.56 Å². The average Bonchev–Trinajstić information content (AvgIpc) is 2.62. The summed E-state index contributed by atoms with van der Waals surface area (Å²) >= 11 is 0. The highest BCUT2D eigenvalue weighted by Crippen LogP contribution is 2.27. The van der Waals surface area contributed by atoms with E-state index >= 15 is 0 Å². The lowest BCUT2D eigenvalue weighted by molar-refractivity contribution is -0.0501. The highest BCUT2D eigenvalue weighted by atomic mass is 32.2. The van der Waals surface area contributed by atoms with E-state index in [1.807, 2.05) is 0 Å². The number of anilines is 1. The second-order valence-electron chi connectivity index (χ2n) is 3.58. The molecule has 0 amide bonds. The van der Waals surface area contributed by atoms with E-state index in [1.165, 1.54) is 0 Å². The van der Waals surface area contributed by atoms with E-state index in [9.17, 15) is 26.4 Å². The third-order valence-corrected chi connectivity index (χ3v) is 3.14. The summed E-state index contributed by atoms with van der Waals surface area (Å²) in [4.78, 5) is 14.3. The van der Waals surface area contributed by atoms with Gasteiger partial charge in [-0.3, -0.25) is 0 Å². The molecule has 21 heavy (non-hydrogen) atoms. The van der Waals surface area contributed by atoms with Gasteiger partial charge in [-0.2, -0.15) is 26.6 Å². The Kier molecular flexibility index (Phi) is 3.16. The van der Waals surface area contributed by atoms with Gasteiger partial charge in [0.2, 0.25) is 5.88 Å². The second-order valence-corrected chi connectivity index (χ2v) is 5.12. The van der Waals surface area contributed by atoms with Gasteiger partial charge in [-0.05, 0) is 0 Å². The number of alkyl halides is 3. The van der Waals surface area contributed by atoms with Crippen LogP contribution in [-0.2, 0) is 10.1 Å². The number of fused-ring (bicyclic) bond motifs is 1. The molecule has 0 aliphatic heterocycles. The molecule has 2 rings (SSSR count). The molecule has 114 valence electrons. The van der Waals surface area contributed by atoms with E-state index in [2.05, 4.69) is 14.3 Å². The van der Waals surface area contributed by atoms with E-state index in [0.29, 0.717) is 0 Å². The lowest BCUT2D eigenvalue weighted by atomic mass is 10.3. The standard InChI is InChI=1S/C8H5F3N4O5S/c9-8(10,11)21(18,19)20-3-1-2-15-6(13-3)4(7(16)17)5(12)14-15/h1-2H,(H2,12,14)(H,16,17). The maximum atomic E-state index is 12.2. The van der Waals surface area contributed by atoms with Crippen LogP contribution in [0.1, 0.15) is 10.4 Å². The second kappa shape index (κ2) is 4.47. The summed E-state index contributed by atoms with van der Waals surface area (Å²) in [7, 11) is -5.92. The summed E-state index contributed by atoms with van der Waals surface area (Å²) in [5.74, 6) is -2.95. The van der Waals surface area contributed by atoms with Crippen LogP contribution in [0.15, 0.2) is 12.3 Å². The van der Waals surface area contributed by atoms with Gasteiger partial charge in [-0.1, -0.05) is 0 Å². The SMILES string of the molecule is Nc1nn2ccc(OS(=O)(=O)C(F)(F)F)nc2c1C(=O)O. The Balaban J connectivity index is 2.54. The number of nitrogen functional groups attached to an aromatic ring is 1. The molecule has 0 unspecified atom stereocenters. The number of hydrogen-bond donors (Lipinski definition) is 2. The summed E-state index contributed by atoms with van der Waals surface area (Å²) < 4.78 is 62.8. The molecular formula is C8H5F3N4O5S. The van der Waals surface area contributed by atoms with E-state index < -0.39 is 44.5 Å². The molecule has 0 saturated heterocycles. The Morgan fingerprint density at radius 3 is 2.57 bits per heavy atom. The van der Waals surface area contributed by atoms with Crippen LogP contribution >= 0.6 is 0 Å². The molecule has 0 bridgehead atoms. The van der Waals surface area contributed by atoms with Crippen molar-refractivity contribution in [1.29, 1.82) is 0 Å². The molecule has 13 heteroatoms. The van der Waals surface area contributed by atoms with Gasteiger partial charge < -0.3 is 15.0 Å². The number of carboxylic acid groups (broad SMARTS) is 1.